The third-order valence-corrected chi connectivity index (χ3v) is 5.64. The number of aliphatic hydroxyl groups excluding tert-OH is 1. The molecule has 32 heavy (non-hydrogen) atoms. The Labute approximate surface area is 186 Å². The first-order chi connectivity index (χ1) is 15.0. The first-order valence-corrected chi connectivity index (χ1v) is 10.4. The molecule has 1 saturated heterocycles. The quantitative estimate of drug-likeness (QED) is 0.387. The highest BCUT2D eigenvalue weighted by Crippen LogP contribution is 2.47. The van der Waals surface area contributed by atoms with E-state index in [9.17, 15) is 24.3 Å². The highest BCUT2D eigenvalue weighted by Gasteiger charge is 2.57. The fraction of sp³-hybridized carbons (Fsp3) is 0.478. The zero-order chi connectivity index (χ0) is 23.8. The van der Waals surface area contributed by atoms with Crippen molar-refractivity contribution < 1.29 is 33.8 Å². The van der Waals surface area contributed by atoms with Gasteiger partial charge in [0.25, 0.3) is 5.91 Å². The third-order valence-electron chi connectivity index (χ3n) is 5.64. The molecule has 3 rings (SSSR count). The SMILES string of the molecule is CNC(=O)c1ccc(C2=C(C(=O)OCOC(=O)C(C)(C)C)N3C(=O)C(C(C)O)C3C2)cc1. The van der Waals surface area contributed by atoms with Crippen molar-refractivity contribution in [2.75, 3.05) is 13.8 Å². The van der Waals surface area contributed by atoms with Crippen LogP contribution >= 0.6 is 0 Å². The molecule has 3 atom stereocenters. The van der Waals surface area contributed by atoms with E-state index in [0.29, 0.717) is 23.1 Å². The van der Waals surface area contributed by atoms with Crippen LogP contribution in [0.5, 0.6) is 0 Å². The summed E-state index contributed by atoms with van der Waals surface area (Å²) in [5, 5.41) is 12.5. The second-order valence-electron chi connectivity index (χ2n) is 8.96. The Balaban J connectivity index is 1.86. The molecule has 0 aromatic heterocycles. The van der Waals surface area contributed by atoms with Crippen LogP contribution in [-0.4, -0.2) is 59.7 Å². The standard InChI is InChI=1S/C23H28N2O7/c1-12(26)17-16-10-15(13-6-8-14(9-7-13)19(27)24-5)18(25(16)20(17)28)21(29)31-11-32-22(30)23(2,3)4/h6-9,12,16-17,26H,10-11H2,1-5H3,(H,24,27). The number of carbonyl (C=O) groups is 4. The van der Waals surface area contributed by atoms with Gasteiger partial charge in [0.2, 0.25) is 12.7 Å². The highest BCUT2D eigenvalue weighted by atomic mass is 16.7. The molecule has 0 spiro atoms. The average Bonchev–Trinajstić information content (AvgIpc) is 3.07. The predicted octanol–water partition coefficient (Wildman–Crippen LogP) is 1.46. The van der Waals surface area contributed by atoms with Crippen LogP contribution in [0.15, 0.2) is 30.0 Å². The van der Waals surface area contributed by atoms with Crippen molar-refractivity contribution in [3.8, 4) is 0 Å². The maximum absolute atomic E-state index is 12.9. The van der Waals surface area contributed by atoms with E-state index in [2.05, 4.69) is 5.32 Å². The zero-order valence-corrected chi connectivity index (χ0v) is 18.8. The molecule has 0 aliphatic carbocycles. The summed E-state index contributed by atoms with van der Waals surface area (Å²) < 4.78 is 10.2. The topological polar surface area (TPSA) is 122 Å². The van der Waals surface area contributed by atoms with Crippen molar-refractivity contribution in [3.63, 3.8) is 0 Å². The Kier molecular flexibility index (Phi) is 6.41. The Morgan fingerprint density at radius 1 is 1.19 bits per heavy atom. The van der Waals surface area contributed by atoms with E-state index in [-0.39, 0.29) is 23.6 Å². The van der Waals surface area contributed by atoms with Gasteiger partial charge in [0.15, 0.2) is 0 Å². The van der Waals surface area contributed by atoms with Crippen molar-refractivity contribution in [1.29, 1.82) is 0 Å². The number of aliphatic hydroxyl groups is 1. The number of amides is 2. The first kappa shape index (κ1) is 23.5. The predicted molar refractivity (Wildman–Crippen MR) is 114 cm³/mol. The van der Waals surface area contributed by atoms with E-state index >= 15 is 0 Å². The lowest BCUT2D eigenvalue weighted by Gasteiger charge is -2.44. The Bertz CT molecular complexity index is 973. The van der Waals surface area contributed by atoms with Gasteiger partial charge in [-0.2, -0.15) is 0 Å². The summed E-state index contributed by atoms with van der Waals surface area (Å²) in [6.07, 6.45) is -0.504. The number of fused-ring (bicyclic) bond motifs is 1. The van der Waals surface area contributed by atoms with Gasteiger partial charge in [0.05, 0.1) is 23.5 Å². The van der Waals surface area contributed by atoms with Gasteiger partial charge >= 0.3 is 11.9 Å². The van der Waals surface area contributed by atoms with Crippen LogP contribution in [0.2, 0.25) is 0 Å². The second kappa shape index (κ2) is 8.74. The average molecular weight is 444 g/mol. The van der Waals surface area contributed by atoms with Gasteiger partial charge in [0.1, 0.15) is 5.70 Å². The van der Waals surface area contributed by atoms with Gasteiger partial charge in [-0.15, -0.1) is 0 Å². The molecule has 2 amide bonds. The summed E-state index contributed by atoms with van der Waals surface area (Å²) in [5.41, 5.74) is 0.996. The molecule has 0 bridgehead atoms. The molecule has 2 aliphatic heterocycles. The van der Waals surface area contributed by atoms with Crippen LogP contribution in [0.25, 0.3) is 5.57 Å². The van der Waals surface area contributed by atoms with Crippen LogP contribution in [0, 0.1) is 11.3 Å². The van der Waals surface area contributed by atoms with Crippen molar-refractivity contribution in [1.82, 2.24) is 10.2 Å². The normalized spacial score (nSPS) is 20.9. The Morgan fingerprint density at radius 2 is 1.81 bits per heavy atom. The van der Waals surface area contributed by atoms with Crippen molar-refractivity contribution in [2.24, 2.45) is 11.3 Å². The van der Waals surface area contributed by atoms with E-state index in [0.717, 1.165) is 0 Å². The number of carbonyl (C=O) groups excluding carboxylic acids is 4. The van der Waals surface area contributed by atoms with E-state index in [1.807, 2.05) is 0 Å². The van der Waals surface area contributed by atoms with E-state index in [4.69, 9.17) is 9.47 Å². The van der Waals surface area contributed by atoms with Crippen LogP contribution in [0.3, 0.4) is 0 Å². The number of hydrogen-bond donors (Lipinski definition) is 2. The lowest BCUT2D eigenvalue weighted by molar-refractivity contribution is -0.175. The summed E-state index contributed by atoms with van der Waals surface area (Å²) in [6.45, 7) is 6.00. The minimum atomic E-state index is -0.858. The largest absolute Gasteiger partial charge is 0.427 e. The lowest BCUT2D eigenvalue weighted by Crippen LogP contribution is -2.61. The van der Waals surface area contributed by atoms with Crippen molar-refractivity contribution in [3.05, 3.63) is 41.1 Å². The second-order valence-corrected chi connectivity index (χ2v) is 8.96. The van der Waals surface area contributed by atoms with Gasteiger partial charge < -0.3 is 24.8 Å². The molecule has 1 aromatic carbocycles. The molecule has 9 nitrogen and oxygen atoms in total. The van der Waals surface area contributed by atoms with Gasteiger partial charge in [0, 0.05) is 12.6 Å². The first-order valence-electron chi connectivity index (χ1n) is 10.4. The maximum atomic E-state index is 12.9. The fourth-order valence-electron chi connectivity index (χ4n) is 3.91. The summed E-state index contributed by atoms with van der Waals surface area (Å²) >= 11 is 0. The number of ether oxygens (including phenoxy) is 2. The summed E-state index contributed by atoms with van der Waals surface area (Å²) in [4.78, 5) is 50.6. The van der Waals surface area contributed by atoms with E-state index in [1.165, 1.54) is 11.9 Å². The number of nitrogens with one attached hydrogen (secondary N) is 1. The minimum absolute atomic E-state index is 0.0661. The van der Waals surface area contributed by atoms with E-state index < -0.39 is 36.2 Å². The minimum Gasteiger partial charge on any atom is -0.427 e. The fourth-order valence-corrected chi connectivity index (χ4v) is 3.91. The molecule has 2 N–H and O–H groups in total. The van der Waals surface area contributed by atoms with Crippen LogP contribution in [0.1, 0.15) is 50.0 Å². The molecule has 2 heterocycles. The molecule has 1 fully saturated rings. The Morgan fingerprint density at radius 3 is 2.34 bits per heavy atom. The number of nitrogens with zero attached hydrogens (tertiary/aromatic N) is 1. The van der Waals surface area contributed by atoms with Crippen LogP contribution in [0.4, 0.5) is 0 Å². The molecule has 3 unspecified atom stereocenters. The maximum Gasteiger partial charge on any atom is 0.358 e. The summed E-state index contributed by atoms with van der Waals surface area (Å²) in [7, 11) is 1.53. The lowest BCUT2D eigenvalue weighted by atomic mass is 9.82. The summed E-state index contributed by atoms with van der Waals surface area (Å²) in [5.74, 6) is -2.54. The number of rotatable bonds is 6. The van der Waals surface area contributed by atoms with Crippen LogP contribution in [-0.2, 0) is 23.9 Å². The number of benzene rings is 1. The molecule has 0 radical (unpaired) electrons. The number of esters is 2. The zero-order valence-electron chi connectivity index (χ0n) is 18.8. The van der Waals surface area contributed by atoms with Gasteiger partial charge in [-0.1, -0.05) is 12.1 Å². The summed E-state index contributed by atoms with van der Waals surface area (Å²) in [6, 6.07) is 6.27. The van der Waals surface area contributed by atoms with Gasteiger partial charge in [-0.05, 0) is 57.4 Å². The van der Waals surface area contributed by atoms with Gasteiger partial charge in [-0.25, -0.2) is 4.79 Å². The molecule has 9 heteroatoms. The van der Waals surface area contributed by atoms with Crippen molar-refractivity contribution in [2.45, 2.75) is 46.3 Å². The monoisotopic (exact) mass is 444 g/mol. The molecular formula is C23H28N2O7. The van der Waals surface area contributed by atoms with E-state index in [1.54, 1.807) is 52.0 Å². The molecule has 172 valence electrons. The molecule has 1 aromatic rings. The Hall–Kier alpha value is -3.20. The van der Waals surface area contributed by atoms with Crippen LogP contribution < -0.4 is 5.32 Å². The number of hydrogen-bond acceptors (Lipinski definition) is 7. The van der Waals surface area contributed by atoms with Crippen molar-refractivity contribution >= 4 is 29.3 Å². The molecular weight excluding hydrogens is 416 g/mol. The highest BCUT2D eigenvalue weighted by molar-refractivity contribution is 6.07. The molecule has 0 saturated carbocycles. The third kappa shape index (κ3) is 4.25. The van der Waals surface area contributed by atoms with Gasteiger partial charge in [-0.3, -0.25) is 14.4 Å². The smallest absolute Gasteiger partial charge is 0.358 e. The number of β-lactam (4-membered cyclic amide) rings is 1. The molecule has 2 aliphatic rings.